The molecule has 1 aliphatic heterocycles. The number of nitrogens with zero attached hydrogens (tertiary/aromatic N) is 2. The molecular formula is C21H26N4O5S. The summed E-state index contributed by atoms with van der Waals surface area (Å²) < 4.78 is 16.0. The molecule has 2 aromatic rings. The van der Waals surface area contributed by atoms with E-state index in [-0.39, 0.29) is 17.9 Å². The molecule has 0 saturated heterocycles. The van der Waals surface area contributed by atoms with Crippen LogP contribution in [0.5, 0.6) is 17.2 Å². The molecule has 2 N–H and O–H groups in total. The van der Waals surface area contributed by atoms with E-state index in [1.165, 1.54) is 32.7 Å². The van der Waals surface area contributed by atoms with Gasteiger partial charge in [0.2, 0.25) is 11.7 Å². The first-order valence-electron chi connectivity index (χ1n) is 10.2. The molecule has 31 heavy (non-hydrogen) atoms. The monoisotopic (exact) mass is 446 g/mol. The van der Waals surface area contributed by atoms with Crippen molar-refractivity contribution in [3.63, 3.8) is 0 Å². The number of fused-ring (bicyclic) bond motifs is 1. The van der Waals surface area contributed by atoms with Crippen LogP contribution in [0.1, 0.15) is 29.8 Å². The number of carbonyl (C=O) groups excluding carboxylic acids is 2. The third kappa shape index (κ3) is 4.39. The summed E-state index contributed by atoms with van der Waals surface area (Å²) in [5.41, 5.74) is 1.49. The van der Waals surface area contributed by atoms with Crippen molar-refractivity contribution in [2.24, 2.45) is 5.92 Å². The summed E-state index contributed by atoms with van der Waals surface area (Å²) >= 11 is 1.44. The molecule has 0 bridgehead atoms. The Morgan fingerprint density at radius 1 is 1.10 bits per heavy atom. The molecule has 4 rings (SSSR count). The number of ether oxygens (including phenoxy) is 3. The van der Waals surface area contributed by atoms with Crippen LogP contribution < -0.4 is 24.8 Å². The van der Waals surface area contributed by atoms with Crippen LogP contribution in [0, 0.1) is 5.92 Å². The Labute approximate surface area is 184 Å². The first-order chi connectivity index (χ1) is 15.0. The molecule has 1 aliphatic carbocycles. The highest BCUT2D eigenvalue weighted by molar-refractivity contribution is 7.15. The molecular weight excluding hydrogens is 420 g/mol. The van der Waals surface area contributed by atoms with Crippen LogP contribution >= 0.6 is 11.3 Å². The molecule has 0 atom stereocenters. The number of hydrogen-bond donors (Lipinski definition) is 2. The SMILES string of the molecule is COc1cc(NC(=O)N2CCc3nc(NC(=O)C4CCC4)sc3C2)cc(OC)c1OC. The van der Waals surface area contributed by atoms with E-state index < -0.39 is 0 Å². The van der Waals surface area contributed by atoms with Gasteiger partial charge >= 0.3 is 6.03 Å². The van der Waals surface area contributed by atoms with E-state index in [0.29, 0.717) is 47.6 Å². The zero-order valence-corrected chi connectivity index (χ0v) is 18.6. The first kappa shape index (κ1) is 21.2. The highest BCUT2D eigenvalue weighted by Crippen LogP contribution is 2.40. The predicted molar refractivity (Wildman–Crippen MR) is 117 cm³/mol. The average molecular weight is 447 g/mol. The lowest BCUT2D eigenvalue weighted by Crippen LogP contribution is -2.38. The molecule has 10 heteroatoms. The summed E-state index contributed by atoms with van der Waals surface area (Å²) in [7, 11) is 4.59. The topological polar surface area (TPSA) is 102 Å². The molecule has 1 aromatic carbocycles. The fourth-order valence-corrected chi connectivity index (χ4v) is 4.68. The van der Waals surface area contributed by atoms with Crippen molar-refractivity contribution in [3.05, 3.63) is 22.7 Å². The zero-order chi connectivity index (χ0) is 22.0. The highest BCUT2D eigenvalue weighted by Gasteiger charge is 2.28. The van der Waals surface area contributed by atoms with Gasteiger partial charge in [0.25, 0.3) is 0 Å². The van der Waals surface area contributed by atoms with Crippen LogP contribution in [0.15, 0.2) is 12.1 Å². The van der Waals surface area contributed by atoms with Crippen LogP contribution in [0.4, 0.5) is 15.6 Å². The zero-order valence-electron chi connectivity index (χ0n) is 17.8. The van der Waals surface area contributed by atoms with Gasteiger partial charge in [-0.1, -0.05) is 17.8 Å². The molecule has 0 radical (unpaired) electrons. The van der Waals surface area contributed by atoms with E-state index in [1.54, 1.807) is 17.0 Å². The fraction of sp³-hybridized carbons (Fsp3) is 0.476. The van der Waals surface area contributed by atoms with Crippen LogP contribution in [0.2, 0.25) is 0 Å². The van der Waals surface area contributed by atoms with Gasteiger partial charge < -0.3 is 29.7 Å². The van der Waals surface area contributed by atoms with Gasteiger partial charge in [0, 0.05) is 35.9 Å². The molecule has 2 aliphatic rings. The molecule has 166 valence electrons. The lowest BCUT2D eigenvalue weighted by Gasteiger charge is -2.26. The Morgan fingerprint density at radius 2 is 1.81 bits per heavy atom. The number of urea groups is 1. The number of thiazole rings is 1. The Hall–Kier alpha value is -3.01. The van der Waals surface area contributed by atoms with Crippen LogP contribution in [0.3, 0.4) is 0 Å². The summed E-state index contributed by atoms with van der Waals surface area (Å²) in [6, 6.07) is 3.15. The summed E-state index contributed by atoms with van der Waals surface area (Å²) in [5, 5.41) is 6.45. The van der Waals surface area contributed by atoms with Gasteiger partial charge in [-0.25, -0.2) is 9.78 Å². The summed E-state index contributed by atoms with van der Waals surface area (Å²) in [6.07, 6.45) is 3.66. The molecule has 2 heterocycles. The van der Waals surface area contributed by atoms with Crippen molar-refractivity contribution < 1.29 is 23.8 Å². The van der Waals surface area contributed by atoms with Crippen molar-refractivity contribution >= 4 is 34.1 Å². The number of hydrogen-bond acceptors (Lipinski definition) is 7. The molecule has 0 unspecified atom stereocenters. The van der Waals surface area contributed by atoms with Crippen LogP contribution in [0.25, 0.3) is 0 Å². The van der Waals surface area contributed by atoms with Crippen molar-refractivity contribution in [2.45, 2.75) is 32.2 Å². The maximum absolute atomic E-state index is 12.9. The second-order valence-electron chi connectivity index (χ2n) is 7.52. The van der Waals surface area contributed by atoms with E-state index in [1.807, 2.05) is 0 Å². The normalized spacial score (nSPS) is 15.5. The number of amides is 3. The predicted octanol–water partition coefficient (Wildman–Crippen LogP) is 3.50. The van der Waals surface area contributed by atoms with E-state index in [0.717, 1.165) is 29.8 Å². The minimum absolute atomic E-state index is 0.0503. The lowest BCUT2D eigenvalue weighted by molar-refractivity contribution is -0.122. The Balaban J connectivity index is 1.42. The number of nitrogens with one attached hydrogen (secondary N) is 2. The van der Waals surface area contributed by atoms with Crippen LogP contribution in [-0.4, -0.2) is 49.7 Å². The molecule has 1 aromatic heterocycles. The van der Waals surface area contributed by atoms with Gasteiger partial charge in [0.15, 0.2) is 16.6 Å². The third-order valence-electron chi connectivity index (χ3n) is 5.64. The molecule has 1 saturated carbocycles. The van der Waals surface area contributed by atoms with Crippen molar-refractivity contribution in [2.75, 3.05) is 38.5 Å². The molecule has 0 spiro atoms. The minimum atomic E-state index is -0.228. The maximum atomic E-state index is 12.9. The second-order valence-corrected chi connectivity index (χ2v) is 8.61. The standard InChI is InChI=1S/C21H26N4O5S/c1-28-15-9-13(10-16(29-2)18(15)30-3)22-21(27)25-8-7-14-17(11-25)31-20(23-14)24-19(26)12-5-4-6-12/h9-10,12H,4-8,11H2,1-3H3,(H,22,27)(H,23,24,26). The smallest absolute Gasteiger partial charge is 0.322 e. The summed E-state index contributed by atoms with van der Waals surface area (Å²) in [4.78, 5) is 32.3. The van der Waals surface area contributed by atoms with Gasteiger partial charge in [-0.2, -0.15) is 0 Å². The Bertz CT molecular complexity index is 963. The van der Waals surface area contributed by atoms with Crippen molar-refractivity contribution in [3.8, 4) is 17.2 Å². The van der Waals surface area contributed by atoms with Gasteiger partial charge in [-0.3, -0.25) is 4.79 Å². The summed E-state index contributed by atoms with van der Waals surface area (Å²) in [6.45, 7) is 0.992. The Kier molecular flexibility index (Phi) is 6.17. The third-order valence-corrected chi connectivity index (χ3v) is 6.64. The average Bonchev–Trinajstić information content (AvgIpc) is 3.12. The highest BCUT2D eigenvalue weighted by atomic mass is 32.1. The van der Waals surface area contributed by atoms with Gasteiger partial charge in [0.1, 0.15) is 0 Å². The number of aromatic nitrogens is 1. The number of methoxy groups -OCH3 is 3. The lowest BCUT2D eigenvalue weighted by atomic mass is 9.85. The fourth-order valence-electron chi connectivity index (χ4n) is 3.66. The second kappa shape index (κ2) is 9.01. The largest absolute Gasteiger partial charge is 0.493 e. The van der Waals surface area contributed by atoms with Gasteiger partial charge in [-0.15, -0.1) is 0 Å². The number of benzene rings is 1. The van der Waals surface area contributed by atoms with E-state index in [2.05, 4.69) is 15.6 Å². The van der Waals surface area contributed by atoms with E-state index in [9.17, 15) is 9.59 Å². The van der Waals surface area contributed by atoms with E-state index >= 15 is 0 Å². The number of rotatable bonds is 6. The maximum Gasteiger partial charge on any atom is 0.322 e. The quantitative estimate of drug-likeness (QED) is 0.704. The first-order valence-corrected chi connectivity index (χ1v) is 11.0. The van der Waals surface area contributed by atoms with Gasteiger partial charge in [-0.05, 0) is 12.8 Å². The summed E-state index contributed by atoms with van der Waals surface area (Å²) in [5.74, 6) is 1.56. The number of carbonyl (C=O) groups is 2. The van der Waals surface area contributed by atoms with Crippen molar-refractivity contribution in [1.82, 2.24) is 9.88 Å². The Morgan fingerprint density at radius 3 is 2.39 bits per heavy atom. The van der Waals surface area contributed by atoms with Crippen LogP contribution in [-0.2, 0) is 17.8 Å². The molecule has 9 nitrogen and oxygen atoms in total. The molecule has 3 amide bonds. The minimum Gasteiger partial charge on any atom is -0.493 e. The number of anilines is 2. The molecule has 1 fully saturated rings. The van der Waals surface area contributed by atoms with Gasteiger partial charge in [0.05, 0.1) is 39.3 Å². The van der Waals surface area contributed by atoms with E-state index in [4.69, 9.17) is 14.2 Å². The van der Waals surface area contributed by atoms with Crippen molar-refractivity contribution in [1.29, 1.82) is 0 Å².